The van der Waals surface area contributed by atoms with Crippen LogP contribution in [-0.4, -0.2) is 11.5 Å². The first-order valence-corrected chi connectivity index (χ1v) is 7.01. The highest BCUT2D eigenvalue weighted by molar-refractivity contribution is 5.42. The summed E-state index contributed by atoms with van der Waals surface area (Å²) >= 11 is 0. The highest BCUT2D eigenvalue weighted by Crippen LogP contribution is 2.28. The van der Waals surface area contributed by atoms with Crippen LogP contribution in [0.15, 0.2) is 30.5 Å². The fourth-order valence-corrected chi connectivity index (χ4v) is 2.08. The third-order valence-corrected chi connectivity index (χ3v) is 3.20. The second-order valence-electron chi connectivity index (χ2n) is 5.08. The number of benzene rings is 1. The molecular weight excluding hydrogens is 248 g/mol. The van der Waals surface area contributed by atoms with E-state index in [9.17, 15) is 0 Å². The molecule has 1 N–H and O–H groups in total. The molecule has 0 radical (unpaired) electrons. The van der Waals surface area contributed by atoms with Crippen molar-refractivity contribution in [2.24, 2.45) is 0 Å². The molecular formula is C17H22N2O. The number of nitrogens with zero attached hydrogens (tertiary/aromatic N) is 1. The normalized spacial score (nSPS) is 10.6. The van der Waals surface area contributed by atoms with Gasteiger partial charge in [-0.1, -0.05) is 24.6 Å². The van der Waals surface area contributed by atoms with Crippen molar-refractivity contribution in [1.82, 2.24) is 10.3 Å². The van der Waals surface area contributed by atoms with Crippen LogP contribution < -0.4 is 10.1 Å². The summed E-state index contributed by atoms with van der Waals surface area (Å²) < 4.78 is 6.09. The first-order chi connectivity index (χ1) is 9.60. The van der Waals surface area contributed by atoms with Crippen molar-refractivity contribution in [2.45, 2.75) is 34.2 Å². The van der Waals surface area contributed by atoms with Gasteiger partial charge in [-0.25, -0.2) is 0 Å². The Morgan fingerprint density at radius 2 is 1.90 bits per heavy atom. The predicted molar refractivity (Wildman–Crippen MR) is 82.3 cm³/mol. The van der Waals surface area contributed by atoms with E-state index in [2.05, 4.69) is 43.2 Å². The van der Waals surface area contributed by atoms with Crippen molar-refractivity contribution >= 4 is 0 Å². The zero-order valence-corrected chi connectivity index (χ0v) is 12.7. The van der Waals surface area contributed by atoms with Gasteiger partial charge in [0, 0.05) is 30.1 Å². The van der Waals surface area contributed by atoms with Crippen molar-refractivity contribution < 1.29 is 4.74 Å². The van der Waals surface area contributed by atoms with E-state index in [1.165, 1.54) is 5.56 Å². The highest BCUT2D eigenvalue weighted by Gasteiger charge is 2.08. The molecule has 0 aliphatic heterocycles. The van der Waals surface area contributed by atoms with Crippen LogP contribution in [-0.2, 0) is 6.54 Å². The number of ether oxygens (including phenoxy) is 1. The number of hydrogen-bond acceptors (Lipinski definition) is 3. The Morgan fingerprint density at radius 1 is 1.10 bits per heavy atom. The molecule has 0 aliphatic carbocycles. The third-order valence-electron chi connectivity index (χ3n) is 3.20. The van der Waals surface area contributed by atoms with Crippen LogP contribution in [0.1, 0.15) is 29.3 Å². The summed E-state index contributed by atoms with van der Waals surface area (Å²) in [5.74, 6) is 1.78. The SMILES string of the molecule is CCNCc1cnc(C)cc1Oc1ccc(C)cc1C. The summed E-state index contributed by atoms with van der Waals surface area (Å²) in [4.78, 5) is 4.35. The molecule has 0 saturated heterocycles. The summed E-state index contributed by atoms with van der Waals surface area (Å²) in [5, 5.41) is 3.31. The maximum absolute atomic E-state index is 6.09. The molecule has 2 aromatic rings. The van der Waals surface area contributed by atoms with Gasteiger partial charge < -0.3 is 10.1 Å². The van der Waals surface area contributed by atoms with Gasteiger partial charge in [-0.3, -0.25) is 4.98 Å². The van der Waals surface area contributed by atoms with Crippen LogP contribution in [0.4, 0.5) is 0 Å². The Kier molecular flexibility index (Phi) is 4.74. The maximum atomic E-state index is 6.09. The molecule has 2 rings (SSSR count). The Morgan fingerprint density at radius 3 is 2.60 bits per heavy atom. The van der Waals surface area contributed by atoms with Crippen molar-refractivity contribution in [3.8, 4) is 11.5 Å². The van der Waals surface area contributed by atoms with Crippen molar-refractivity contribution in [1.29, 1.82) is 0 Å². The first kappa shape index (κ1) is 14.5. The Hall–Kier alpha value is -1.87. The molecule has 1 aromatic heterocycles. The van der Waals surface area contributed by atoms with Gasteiger partial charge in [0.2, 0.25) is 0 Å². The highest BCUT2D eigenvalue weighted by atomic mass is 16.5. The molecule has 0 bridgehead atoms. The minimum atomic E-state index is 0.768. The van der Waals surface area contributed by atoms with E-state index in [1.807, 2.05) is 25.3 Å². The van der Waals surface area contributed by atoms with E-state index >= 15 is 0 Å². The van der Waals surface area contributed by atoms with Gasteiger partial charge in [0.15, 0.2) is 0 Å². The van der Waals surface area contributed by atoms with Crippen LogP contribution in [0.25, 0.3) is 0 Å². The lowest BCUT2D eigenvalue weighted by Crippen LogP contribution is -2.13. The number of hydrogen-bond donors (Lipinski definition) is 1. The monoisotopic (exact) mass is 270 g/mol. The van der Waals surface area contributed by atoms with Gasteiger partial charge in [-0.2, -0.15) is 0 Å². The lowest BCUT2D eigenvalue weighted by atomic mass is 10.1. The van der Waals surface area contributed by atoms with Crippen LogP contribution in [0.5, 0.6) is 11.5 Å². The van der Waals surface area contributed by atoms with Gasteiger partial charge in [0.1, 0.15) is 11.5 Å². The number of aryl methyl sites for hydroxylation is 3. The summed E-state index contributed by atoms with van der Waals surface area (Å²) in [6, 6.07) is 8.22. The molecule has 0 amide bonds. The number of aromatic nitrogens is 1. The Labute approximate surface area is 121 Å². The number of rotatable bonds is 5. The third kappa shape index (κ3) is 3.58. The van der Waals surface area contributed by atoms with Crippen molar-refractivity contribution in [2.75, 3.05) is 6.54 Å². The van der Waals surface area contributed by atoms with E-state index in [0.717, 1.165) is 41.4 Å². The molecule has 0 fully saturated rings. The van der Waals surface area contributed by atoms with E-state index in [1.54, 1.807) is 0 Å². The van der Waals surface area contributed by atoms with Gasteiger partial charge in [-0.05, 0) is 38.9 Å². The predicted octanol–water partition coefficient (Wildman–Crippen LogP) is 3.91. The van der Waals surface area contributed by atoms with Gasteiger partial charge >= 0.3 is 0 Å². The van der Waals surface area contributed by atoms with E-state index in [0.29, 0.717) is 0 Å². The van der Waals surface area contributed by atoms with Crippen LogP contribution in [0, 0.1) is 20.8 Å². The zero-order valence-electron chi connectivity index (χ0n) is 12.7. The number of nitrogens with one attached hydrogen (secondary N) is 1. The Balaban J connectivity index is 2.29. The summed E-state index contributed by atoms with van der Waals surface area (Å²) in [6.45, 7) is 9.92. The summed E-state index contributed by atoms with van der Waals surface area (Å²) in [7, 11) is 0. The summed E-state index contributed by atoms with van der Waals surface area (Å²) in [6.07, 6.45) is 1.89. The maximum Gasteiger partial charge on any atom is 0.135 e. The van der Waals surface area contributed by atoms with Crippen molar-refractivity contribution in [3.05, 3.63) is 52.8 Å². The summed E-state index contributed by atoms with van der Waals surface area (Å²) in [5.41, 5.74) is 4.44. The molecule has 106 valence electrons. The second kappa shape index (κ2) is 6.53. The molecule has 3 heteroatoms. The van der Waals surface area contributed by atoms with E-state index in [4.69, 9.17) is 4.74 Å². The van der Waals surface area contributed by atoms with Gasteiger partial charge in [0.05, 0.1) is 0 Å². The quantitative estimate of drug-likeness (QED) is 0.894. The van der Waals surface area contributed by atoms with Gasteiger partial charge in [-0.15, -0.1) is 0 Å². The fourth-order valence-electron chi connectivity index (χ4n) is 2.08. The van der Waals surface area contributed by atoms with Crippen LogP contribution >= 0.6 is 0 Å². The zero-order chi connectivity index (χ0) is 14.5. The second-order valence-corrected chi connectivity index (χ2v) is 5.08. The lowest BCUT2D eigenvalue weighted by Gasteiger charge is -2.14. The topological polar surface area (TPSA) is 34.2 Å². The molecule has 1 aromatic carbocycles. The van der Waals surface area contributed by atoms with Crippen LogP contribution in [0.3, 0.4) is 0 Å². The fraction of sp³-hybridized carbons (Fsp3) is 0.353. The molecule has 3 nitrogen and oxygen atoms in total. The number of pyridine rings is 1. The Bertz CT molecular complexity index is 594. The van der Waals surface area contributed by atoms with E-state index in [-0.39, 0.29) is 0 Å². The van der Waals surface area contributed by atoms with E-state index < -0.39 is 0 Å². The molecule has 0 aliphatic rings. The first-order valence-electron chi connectivity index (χ1n) is 7.01. The lowest BCUT2D eigenvalue weighted by molar-refractivity contribution is 0.468. The molecule has 0 saturated carbocycles. The minimum Gasteiger partial charge on any atom is -0.457 e. The standard InChI is InChI=1S/C17H22N2O/c1-5-18-10-15-11-19-14(4)9-17(15)20-16-7-6-12(2)8-13(16)3/h6-9,11,18H,5,10H2,1-4H3. The van der Waals surface area contributed by atoms with Crippen LogP contribution in [0.2, 0.25) is 0 Å². The minimum absolute atomic E-state index is 0.768. The average molecular weight is 270 g/mol. The molecule has 0 atom stereocenters. The molecule has 1 heterocycles. The molecule has 0 spiro atoms. The van der Waals surface area contributed by atoms with Gasteiger partial charge in [0.25, 0.3) is 0 Å². The molecule has 0 unspecified atom stereocenters. The molecule has 20 heavy (non-hydrogen) atoms. The smallest absolute Gasteiger partial charge is 0.135 e. The van der Waals surface area contributed by atoms with Crippen molar-refractivity contribution in [3.63, 3.8) is 0 Å². The largest absolute Gasteiger partial charge is 0.457 e. The average Bonchev–Trinajstić information content (AvgIpc) is 2.41.